The number of rotatable bonds is 64. The molecule has 0 heterocycles. The van der Waals surface area contributed by atoms with E-state index in [1.807, 2.05) is 21.1 Å². The first kappa shape index (κ1) is 85.4. The highest BCUT2D eigenvalue weighted by molar-refractivity contribution is 5.70. The van der Waals surface area contributed by atoms with Gasteiger partial charge in [-0.15, -0.1) is 0 Å². The van der Waals surface area contributed by atoms with Crippen LogP contribution in [0.1, 0.15) is 258 Å². The average molecular weight is 1260 g/mol. The largest absolute Gasteiger partial charge is 0.545 e. The minimum absolute atomic E-state index is 0.135. The molecular formula is C82H131NO8. The summed E-state index contributed by atoms with van der Waals surface area (Å²) in [7, 11) is 5.91. The highest BCUT2D eigenvalue weighted by Crippen LogP contribution is 2.16. The molecule has 9 heteroatoms. The van der Waals surface area contributed by atoms with Crippen molar-refractivity contribution in [3.8, 4) is 0 Å². The molecule has 2 unspecified atom stereocenters. The predicted octanol–water partition coefficient (Wildman–Crippen LogP) is 21.5. The summed E-state index contributed by atoms with van der Waals surface area (Å²) in [5, 5.41) is 11.8. The summed E-state index contributed by atoms with van der Waals surface area (Å²) in [5.74, 6) is -2.32. The molecule has 0 aliphatic heterocycles. The van der Waals surface area contributed by atoms with E-state index in [4.69, 9.17) is 18.9 Å². The van der Waals surface area contributed by atoms with Crippen LogP contribution in [0.25, 0.3) is 0 Å². The van der Waals surface area contributed by atoms with Crippen LogP contribution in [0.3, 0.4) is 0 Å². The van der Waals surface area contributed by atoms with Gasteiger partial charge in [-0.1, -0.05) is 292 Å². The average Bonchev–Trinajstić information content (AvgIpc) is 3.65. The number of carboxylic acid groups (broad SMARTS) is 1. The first-order valence-corrected chi connectivity index (χ1v) is 35.9. The van der Waals surface area contributed by atoms with Gasteiger partial charge in [-0.25, -0.2) is 0 Å². The molecule has 0 aromatic rings. The van der Waals surface area contributed by atoms with Gasteiger partial charge in [0.2, 0.25) is 0 Å². The van der Waals surface area contributed by atoms with Gasteiger partial charge < -0.3 is 33.3 Å². The molecule has 0 aliphatic rings. The fourth-order valence-corrected chi connectivity index (χ4v) is 9.24. The first-order valence-electron chi connectivity index (χ1n) is 35.9. The smallest absolute Gasteiger partial charge is 0.306 e. The molecule has 0 spiro atoms. The highest BCUT2D eigenvalue weighted by atomic mass is 16.7. The summed E-state index contributed by atoms with van der Waals surface area (Å²) in [4.78, 5) is 37.5. The fourth-order valence-electron chi connectivity index (χ4n) is 9.24. The number of aliphatic carboxylic acids is 1. The molecule has 0 rings (SSSR count). The number of esters is 2. The number of unbranched alkanes of at least 4 members (excludes halogenated alkanes) is 19. The van der Waals surface area contributed by atoms with Gasteiger partial charge in [0.25, 0.3) is 0 Å². The van der Waals surface area contributed by atoms with Crippen LogP contribution in [0, 0.1) is 0 Å². The Labute approximate surface area is 558 Å². The Hall–Kier alpha value is -5.61. The third kappa shape index (κ3) is 71.7. The van der Waals surface area contributed by atoms with E-state index in [9.17, 15) is 19.5 Å². The van der Waals surface area contributed by atoms with Crippen LogP contribution >= 0.6 is 0 Å². The van der Waals surface area contributed by atoms with Crippen LogP contribution in [0.5, 0.6) is 0 Å². The van der Waals surface area contributed by atoms with Gasteiger partial charge in [-0.3, -0.25) is 9.59 Å². The second-order valence-electron chi connectivity index (χ2n) is 24.4. The Morgan fingerprint density at radius 2 is 0.593 bits per heavy atom. The zero-order valence-corrected chi connectivity index (χ0v) is 58.4. The standard InChI is InChI=1S/C82H131NO8/c1-6-8-10-12-14-16-18-20-22-24-26-28-30-32-34-36-38-39-40-41-43-44-46-48-50-52-54-56-58-60-62-64-66-68-70-72-79(84)89-76-78(77-90-82(81(86)87)88-75-74-83(3,4)5)91-80(85)73-71-69-67-65-63-61-59-57-55-53-51-49-47-45-42-37-35-33-31-29-27-25-23-21-19-17-15-13-11-9-7-2/h8-11,14-17,20-23,26-29,32-35,38-39,41-43,45,49,51,55,57,78,82H,6-7,12-13,18-19,24-25,30-31,36-37,40,44,46-48,50,52-54,56,58-77H2,1-5H3/b10-8-,11-9-,16-14-,17-15-,22-20-,23-21-,28-26-,29-27-,34-32-,35-33-,39-38-,43-41-,45-42-,51-49-,57-55-. The second kappa shape index (κ2) is 70.3. The monoisotopic (exact) mass is 1260 g/mol. The van der Waals surface area contributed by atoms with Crippen molar-refractivity contribution in [1.29, 1.82) is 0 Å². The quantitative estimate of drug-likeness (QED) is 0.0195. The highest BCUT2D eigenvalue weighted by Gasteiger charge is 2.22. The molecule has 0 bridgehead atoms. The minimum Gasteiger partial charge on any atom is -0.545 e. The maximum atomic E-state index is 12.9. The Balaban J connectivity index is 4.20. The Morgan fingerprint density at radius 1 is 0.330 bits per heavy atom. The van der Waals surface area contributed by atoms with Crippen molar-refractivity contribution in [2.24, 2.45) is 0 Å². The van der Waals surface area contributed by atoms with Gasteiger partial charge >= 0.3 is 11.9 Å². The molecule has 0 amide bonds. The second-order valence-corrected chi connectivity index (χ2v) is 24.4. The van der Waals surface area contributed by atoms with Crippen molar-refractivity contribution < 1.29 is 42.9 Å². The predicted molar refractivity (Wildman–Crippen MR) is 388 cm³/mol. The number of ether oxygens (including phenoxy) is 4. The van der Waals surface area contributed by atoms with Crippen molar-refractivity contribution in [1.82, 2.24) is 0 Å². The van der Waals surface area contributed by atoms with Gasteiger partial charge in [0.15, 0.2) is 12.4 Å². The van der Waals surface area contributed by atoms with Gasteiger partial charge in [0.05, 0.1) is 40.3 Å². The fraction of sp³-hybridized carbons (Fsp3) is 0.598. The molecule has 2 atom stereocenters. The van der Waals surface area contributed by atoms with Gasteiger partial charge in [-0.2, -0.15) is 0 Å². The molecule has 0 N–H and O–H groups in total. The third-order valence-electron chi connectivity index (χ3n) is 14.6. The summed E-state index contributed by atoms with van der Waals surface area (Å²) in [6.07, 6.45) is 104. The van der Waals surface area contributed by atoms with Crippen LogP contribution in [0.2, 0.25) is 0 Å². The number of carbonyl (C=O) groups excluding carboxylic acids is 3. The normalized spacial score (nSPS) is 13.8. The van der Waals surface area contributed by atoms with E-state index in [0.717, 1.165) is 154 Å². The molecule has 0 aliphatic carbocycles. The van der Waals surface area contributed by atoms with Crippen molar-refractivity contribution in [2.45, 2.75) is 270 Å². The summed E-state index contributed by atoms with van der Waals surface area (Å²) >= 11 is 0. The maximum Gasteiger partial charge on any atom is 0.306 e. The molecule has 0 aromatic heterocycles. The van der Waals surface area contributed by atoms with Crippen molar-refractivity contribution >= 4 is 17.9 Å². The van der Waals surface area contributed by atoms with Crippen molar-refractivity contribution in [3.05, 3.63) is 182 Å². The molecule has 9 nitrogen and oxygen atoms in total. The lowest BCUT2D eigenvalue weighted by atomic mass is 10.0. The molecule has 512 valence electrons. The number of carboxylic acids is 1. The van der Waals surface area contributed by atoms with E-state index in [2.05, 4.69) is 196 Å². The van der Waals surface area contributed by atoms with Gasteiger partial charge in [0.1, 0.15) is 13.2 Å². The number of likely N-dealkylation sites (N-methyl/N-ethyl adjacent to an activating group) is 1. The number of hydrogen-bond donors (Lipinski definition) is 0. The van der Waals surface area contributed by atoms with E-state index < -0.39 is 24.3 Å². The lowest BCUT2D eigenvalue weighted by Crippen LogP contribution is -2.44. The molecule has 91 heavy (non-hydrogen) atoms. The lowest BCUT2D eigenvalue weighted by molar-refractivity contribution is -0.870. The van der Waals surface area contributed by atoms with Crippen molar-refractivity contribution in [2.75, 3.05) is 47.5 Å². The lowest BCUT2D eigenvalue weighted by Gasteiger charge is -2.26. The SMILES string of the molecule is CC/C=C\C/C=C\C/C=C\C/C=C\C/C=C\C/C=C\C/C=C\C/C=C\CCCCCCCCC(=O)OC(COC(=O)CCCCCCCCCCCCCCC/C=C\C/C=C\C/C=C\C/C=C\C/C=C\C/C=C\C/C=C\CC)COC(OCC[N+](C)(C)C)C(=O)[O-]. The maximum absolute atomic E-state index is 12.9. The molecule has 0 saturated carbocycles. The van der Waals surface area contributed by atoms with Crippen LogP contribution < -0.4 is 5.11 Å². The van der Waals surface area contributed by atoms with E-state index in [0.29, 0.717) is 17.4 Å². The summed E-state index contributed by atoms with van der Waals surface area (Å²) < 4.78 is 22.8. The number of quaternary nitrogens is 1. The van der Waals surface area contributed by atoms with Crippen LogP contribution in [0.15, 0.2) is 182 Å². The zero-order valence-electron chi connectivity index (χ0n) is 58.4. The third-order valence-corrected chi connectivity index (χ3v) is 14.6. The van der Waals surface area contributed by atoms with Gasteiger partial charge in [-0.05, 0) is 135 Å². The molecule has 0 radical (unpaired) electrons. The van der Waals surface area contributed by atoms with Gasteiger partial charge in [0, 0.05) is 12.8 Å². The van der Waals surface area contributed by atoms with Crippen LogP contribution in [-0.4, -0.2) is 82.3 Å². The summed E-state index contributed by atoms with van der Waals surface area (Å²) in [6.45, 7) is 4.49. The minimum atomic E-state index is -1.64. The Morgan fingerprint density at radius 3 is 0.879 bits per heavy atom. The van der Waals surface area contributed by atoms with Crippen LogP contribution in [-0.2, 0) is 33.3 Å². The Kier molecular flexibility index (Phi) is 65.9. The zero-order chi connectivity index (χ0) is 66.1. The molecule has 0 aromatic carbocycles. The molecule has 0 saturated heterocycles. The first-order chi connectivity index (χ1) is 44.6. The molecule has 0 fully saturated rings. The number of allylic oxidation sites excluding steroid dienone is 30. The van der Waals surface area contributed by atoms with E-state index in [1.165, 1.54) is 70.6 Å². The van der Waals surface area contributed by atoms with Crippen molar-refractivity contribution in [3.63, 3.8) is 0 Å². The number of nitrogens with zero attached hydrogens (tertiary/aromatic N) is 1. The Bertz CT molecular complexity index is 2150. The van der Waals surface area contributed by atoms with E-state index in [1.54, 1.807) is 0 Å². The van der Waals surface area contributed by atoms with E-state index >= 15 is 0 Å². The summed E-state index contributed by atoms with van der Waals surface area (Å²) in [5.41, 5.74) is 0. The van der Waals surface area contributed by atoms with Crippen LogP contribution in [0.4, 0.5) is 0 Å². The number of carbonyl (C=O) groups is 3. The van der Waals surface area contributed by atoms with E-state index in [-0.39, 0.29) is 38.6 Å². The number of hydrogen-bond acceptors (Lipinski definition) is 8. The molecular weight excluding hydrogens is 1130 g/mol. The topological polar surface area (TPSA) is 111 Å². The summed E-state index contributed by atoms with van der Waals surface area (Å²) in [6, 6.07) is 0.